The standard InChI is InChI=1S/C22H18N4O7/c1-9-23-15-5-13(11(19(27)28)7-17(15)25(9)3)21(31)33-22(32)14-6-16-18(8-12(14)20(29)30)26(4)10(2)24-16/h5-8H,1-4H3,(H,27,28)(H,29,30). The van der Waals surface area contributed by atoms with Gasteiger partial charge in [-0.1, -0.05) is 0 Å². The van der Waals surface area contributed by atoms with E-state index in [1.165, 1.54) is 24.3 Å². The lowest BCUT2D eigenvalue weighted by molar-refractivity contribution is 0.0387. The van der Waals surface area contributed by atoms with Gasteiger partial charge in [-0.25, -0.2) is 29.1 Å². The van der Waals surface area contributed by atoms with Crippen LogP contribution in [0.2, 0.25) is 0 Å². The van der Waals surface area contributed by atoms with E-state index < -0.39 is 23.9 Å². The van der Waals surface area contributed by atoms with Crippen LogP contribution in [-0.4, -0.2) is 53.2 Å². The quantitative estimate of drug-likeness (QED) is 0.352. The van der Waals surface area contributed by atoms with Crippen LogP contribution in [0.15, 0.2) is 24.3 Å². The van der Waals surface area contributed by atoms with Crippen molar-refractivity contribution in [1.82, 2.24) is 19.1 Å². The van der Waals surface area contributed by atoms with E-state index in [0.717, 1.165) is 0 Å². The predicted molar refractivity (Wildman–Crippen MR) is 115 cm³/mol. The van der Waals surface area contributed by atoms with E-state index in [-0.39, 0.29) is 22.3 Å². The van der Waals surface area contributed by atoms with Gasteiger partial charge < -0.3 is 24.1 Å². The van der Waals surface area contributed by atoms with Gasteiger partial charge in [0, 0.05) is 14.1 Å². The number of carboxylic acids is 2. The molecule has 11 nitrogen and oxygen atoms in total. The van der Waals surface area contributed by atoms with Gasteiger partial charge in [0.2, 0.25) is 0 Å². The highest BCUT2D eigenvalue weighted by Crippen LogP contribution is 2.24. The first-order valence-electron chi connectivity index (χ1n) is 9.66. The van der Waals surface area contributed by atoms with Crippen LogP contribution in [0.1, 0.15) is 53.1 Å². The Bertz CT molecular complexity index is 1410. The third kappa shape index (κ3) is 3.49. The van der Waals surface area contributed by atoms with Gasteiger partial charge in [-0.05, 0) is 38.1 Å². The molecule has 2 heterocycles. The number of aromatic carboxylic acids is 2. The third-order valence-corrected chi connectivity index (χ3v) is 5.57. The zero-order chi connectivity index (χ0) is 24.2. The fourth-order valence-corrected chi connectivity index (χ4v) is 3.60. The molecule has 0 fully saturated rings. The molecular formula is C22H18N4O7. The SMILES string of the molecule is Cc1nc2cc(C(=O)OC(=O)c3cc4nc(C)n(C)c4cc3C(=O)O)c(C(=O)O)cc2n1C. The Kier molecular flexibility index (Phi) is 4.96. The van der Waals surface area contributed by atoms with Crippen LogP contribution < -0.4 is 0 Å². The summed E-state index contributed by atoms with van der Waals surface area (Å²) in [7, 11) is 3.39. The maximum atomic E-state index is 12.8. The number of nitrogens with zero attached hydrogens (tertiary/aromatic N) is 4. The Labute approximate surface area is 185 Å². The van der Waals surface area contributed by atoms with E-state index in [1.807, 2.05) is 0 Å². The molecule has 0 unspecified atom stereocenters. The van der Waals surface area contributed by atoms with E-state index >= 15 is 0 Å². The molecule has 2 N–H and O–H groups in total. The highest BCUT2D eigenvalue weighted by Gasteiger charge is 2.27. The number of benzene rings is 2. The number of rotatable bonds is 4. The minimum absolute atomic E-state index is 0.344. The molecule has 4 aromatic rings. The number of carbonyl (C=O) groups excluding carboxylic acids is 2. The second kappa shape index (κ2) is 7.55. The van der Waals surface area contributed by atoms with Crippen LogP contribution in [0, 0.1) is 13.8 Å². The Morgan fingerprint density at radius 1 is 0.697 bits per heavy atom. The molecule has 4 rings (SSSR count). The minimum Gasteiger partial charge on any atom is -0.478 e. The molecule has 33 heavy (non-hydrogen) atoms. The van der Waals surface area contributed by atoms with Gasteiger partial charge in [0.15, 0.2) is 0 Å². The van der Waals surface area contributed by atoms with Gasteiger partial charge in [0.05, 0.1) is 44.3 Å². The van der Waals surface area contributed by atoms with Gasteiger partial charge in [-0.15, -0.1) is 0 Å². The fraction of sp³-hybridized carbons (Fsp3) is 0.182. The number of aromatic nitrogens is 4. The first-order chi connectivity index (χ1) is 15.5. The number of ether oxygens (including phenoxy) is 1. The summed E-state index contributed by atoms with van der Waals surface area (Å²) in [6.07, 6.45) is 0. The van der Waals surface area contributed by atoms with Crippen molar-refractivity contribution < 1.29 is 34.1 Å². The maximum Gasteiger partial charge on any atom is 0.346 e. The van der Waals surface area contributed by atoms with E-state index in [0.29, 0.717) is 33.7 Å². The van der Waals surface area contributed by atoms with E-state index in [4.69, 9.17) is 4.74 Å². The van der Waals surface area contributed by atoms with E-state index in [9.17, 15) is 29.4 Å². The number of esters is 2. The van der Waals surface area contributed by atoms with Crippen molar-refractivity contribution in [2.75, 3.05) is 0 Å². The Balaban J connectivity index is 1.77. The lowest BCUT2D eigenvalue weighted by Crippen LogP contribution is -2.18. The minimum atomic E-state index is -1.40. The average Bonchev–Trinajstić information content (AvgIpc) is 3.20. The van der Waals surface area contributed by atoms with Crippen molar-refractivity contribution in [3.05, 3.63) is 58.2 Å². The fourth-order valence-electron chi connectivity index (χ4n) is 3.60. The molecule has 0 amide bonds. The second-order valence-corrected chi connectivity index (χ2v) is 7.50. The molecule has 0 aliphatic heterocycles. The molecule has 2 aromatic carbocycles. The molecular weight excluding hydrogens is 432 g/mol. The van der Waals surface area contributed by atoms with Crippen molar-refractivity contribution in [3.63, 3.8) is 0 Å². The molecule has 2 aromatic heterocycles. The summed E-state index contributed by atoms with van der Waals surface area (Å²) in [6, 6.07) is 4.99. The molecule has 168 valence electrons. The number of hydrogen-bond donors (Lipinski definition) is 2. The van der Waals surface area contributed by atoms with Crippen LogP contribution in [0.25, 0.3) is 22.1 Å². The average molecular weight is 450 g/mol. The number of aryl methyl sites for hydroxylation is 4. The Hall–Kier alpha value is -4.54. The van der Waals surface area contributed by atoms with Crippen LogP contribution in [0.5, 0.6) is 0 Å². The van der Waals surface area contributed by atoms with Crippen molar-refractivity contribution in [2.24, 2.45) is 14.1 Å². The van der Waals surface area contributed by atoms with Crippen molar-refractivity contribution in [3.8, 4) is 0 Å². The Morgan fingerprint density at radius 3 is 1.39 bits per heavy atom. The molecule has 0 aliphatic rings. The van der Waals surface area contributed by atoms with Crippen LogP contribution in [0.3, 0.4) is 0 Å². The lowest BCUT2D eigenvalue weighted by atomic mass is 10.1. The summed E-state index contributed by atoms with van der Waals surface area (Å²) in [5.41, 5.74) is 0.136. The molecule has 0 spiro atoms. The summed E-state index contributed by atoms with van der Waals surface area (Å²) in [5.74, 6) is -4.09. The Morgan fingerprint density at radius 2 is 1.06 bits per heavy atom. The van der Waals surface area contributed by atoms with Crippen molar-refractivity contribution >= 4 is 45.9 Å². The van der Waals surface area contributed by atoms with E-state index in [2.05, 4.69) is 9.97 Å². The molecule has 0 atom stereocenters. The lowest BCUT2D eigenvalue weighted by Gasteiger charge is -2.09. The van der Waals surface area contributed by atoms with Gasteiger partial charge in [-0.2, -0.15) is 0 Å². The van der Waals surface area contributed by atoms with Crippen LogP contribution >= 0.6 is 0 Å². The maximum absolute atomic E-state index is 12.8. The van der Waals surface area contributed by atoms with Gasteiger partial charge in [0.25, 0.3) is 0 Å². The van der Waals surface area contributed by atoms with Crippen molar-refractivity contribution in [1.29, 1.82) is 0 Å². The molecule has 0 radical (unpaired) electrons. The predicted octanol–water partition coefficient (Wildman–Crippen LogP) is 2.47. The molecule has 0 bridgehead atoms. The number of carboxylic acid groups (broad SMARTS) is 2. The zero-order valence-corrected chi connectivity index (χ0v) is 18.0. The number of imidazole rings is 2. The largest absolute Gasteiger partial charge is 0.478 e. The molecule has 0 aliphatic carbocycles. The first kappa shape index (κ1) is 21.7. The second-order valence-electron chi connectivity index (χ2n) is 7.50. The topological polar surface area (TPSA) is 154 Å². The summed E-state index contributed by atoms with van der Waals surface area (Å²) in [4.78, 5) is 57.6. The third-order valence-electron chi connectivity index (χ3n) is 5.57. The number of carbonyl (C=O) groups is 4. The first-order valence-corrected chi connectivity index (χ1v) is 9.66. The highest BCUT2D eigenvalue weighted by atomic mass is 16.6. The van der Waals surface area contributed by atoms with Gasteiger partial charge in [-0.3, -0.25) is 0 Å². The summed E-state index contributed by atoms with van der Waals surface area (Å²) >= 11 is 0. The number of fused-ring (bicyclic) bond motifs is 2. The van der Waals surface area contributed by atoms with Gasteiger partial charge >= 0.3 is 23.9 Å². The van der Waals surface area contributed by atoms with E-state index in [1.54, 1.807) is 37.1 Å². The summed E-state index contributed by atoms with van der Waals surface area (Å²) in [6.45, 7) is 3.43. The van der Waals surface area contributed by atoms with Crippen LogP contribution in [-0.2, 0) is 18.8 Å². The zero-order valence-electron chi connectivity index (χ0n) is 18.0. The molecule has 11 heteroatoms. The smallest absolute Gasteiger partial charge is 0.346 e. The van der Waals surface area contributed by atoms with Crippen molar-refractivity contribution in [2.45, 2.75) is 13.8 Å². The van der Waals surface area contributed by atoms with Gasteiger partial charge in [0.1, 0.15) is 11.6 Å². The number of hydrogen-bond acceptors (Lipinski definition) is 7. The summed E-state index contributed by atoms with van der Waals surface area (Å²) in [5, 5.41) is 19.2. The molecule has 0 saturated heterocycles. The monoisotopic (exact) mass is 450 g/mol. The summed E-state index contributed by atoms with van der Waals surface area (Å²) < 4.78 is 8.22. The molecule has 0 saturated carbocycles. The normalized spacial score (nSPS) is 11.2. The highest BCUT2D eigenvalue weighted by molar-refractivity contribution is 6.13. The van der Waals surface area contributed by atoms with Crippen LogP contribution in [0.4, 0.5) is 0 Å².